The van der Waals surface area contributed by atoms with E-state index in [0.29, 0.717) is 11.4 Å². The molecule has 138 valence electrons. The van der Waals surface area contributed by atoms with Gasteiger partial charge in [-0.25, -0.2) is 8.78 Å². The summed E-state index contributed by atoms with van der Waals surface area (Å²) < 4.78 is 31.8. The largest absolute Gasteiger partial charge is 0.495 e. The van der Waals surface area contributed by atoms with Crippen molar-refractivity contribution in [1.29, 1.82) is 0 Å². The molecule has 0 unspecified atom stereocenters. The standard InChI is InChI=1S/C19H16F2N4O2/c1-11-3-7-17(27-2)16(9-11)23-19(26)15-6-8-18(25-24-15)22-14-5-4-12(20)10-13(14)21/h3-10H,1-2H3,(H,22,25)(H,23,26). The number of benzene rings is 2. The molecule has 0 radical (unpaired) electrons. The number of anilines is 3. The van der Waals surface area contributed by atoms with Gasteiger partial charge in [0, 0.05) is 6.07 Å². The molecule has 1 aromatic heterocycles. The quantitative estimate of drug-likeness (QED) is 0.708. The highest BCUT2D eigenvalue weighted by molar-refractivity contribution is 6.03. The first-order valence-corrected chi connectivity index (χ1v) is 7.98. The smallest absolute Gasteiger partial charge is 0.276 e. The van der Waals surface area contributed by atoms with E-state index in [9.17, 15) is 13.6 Å². The zero-order chi connectivity index (χ0) is 19.4. The number of hydrogen-bond donors (Lipinski definition) is 2. The summed E-state index contributed by atoms with van der Waals surface area (Å²) in [4.78, 5) is 12.4. The maximum absolute atomic E-state index is 13.7. The number of halogens is 2. The number of carbonyl (C=O) groups excluding carboxylic acids is 1. The van der Waals surface area contributed by atoms with Gasteiger partial charge in [0.2, 0.25) is 0 Å². The van der Waals surface area contributed by atoms with Gasteiger partial charge in [-0.15, -0.1) is 10.2 Å². The van der Waals surface area contributed by atoms with Crippen LogP contribution in [0.2, 0.25) is 0 Å². The molecule has 1 amide bonds. The van der Waals surface area contributed by atoms with Crippen molar-refractivity contribution in [2.24, 2.45) is 0 Å². The number of nitrogens with one attached hydrogen (secondary N) is 2. The normalized spacial score (nSPS) is 10.4. The van der Waals surface area contributed by atoms with Crippen LogP contribution in [0.4, 0.5) is 26.0 Å². The van der Waals surface area contributed by atoms with Crippen molar-refractivity contribution in [2.45, 2.75) is 6.92 Å². The minimum absolute atomic E-state index is 0.0485. The molecule has 0 bridgehead atoms. The summed E-state index contributed by atoms with van der Waals surface area (Å²) in [5.41, 5.74) is 1.59. The third-order valence-electron chi connectivity index (χ3n) is 3.69. The van der Waals surface area contributed by atoms with E-state index >= 15 is 0 Å². The Bertz CT molecular complexity index is 978. The van der Waals surface area contributed by atoms with Crippen molar-refractivity contribution in [2.75, 3.05) is 17.7 Å². The highest BCUT2D eigenvalue weighted by atomic mass is 19.1. The molecule has 3 rings (SSSR count). The number of amides is 1. The third kappa shape index (κ3) is 4.35. The lowest BCUT2D eigenvalue weighted by molar-refractivity contribution is 0.102. The van der Waals surface area contributed by atoms with Gasteiger partial charge < -0.3 is 15.4 Å². The highest BCUT2D eigenvalue weighted by Crippen LogP contribution is 2.25. The average Bonchev–Trinajstić information content (AvgIpc) is 2.65. The van der Waals surface area contributed by atoms with Crippen LogP contribution in [0.3, 0.4) is 0 Å². The Labute approximate surface area is 154 Å². The van der Waals surface area contributed by atoms with Crippen LogP contribution in [0, 0.1) is 18.6 Å². The van der Waals surface area contributed by atoms with Gasteiger partial charge >= 0.3 is 0 Å². The second kappa shape index (κ2) is 7.77. The molecule has 2 aromatic carbocycles. The zero-order valence-electron chi connectivity index (χ0n) is 14.6. The first kappa shape index (κ1) is 18.2. The molecule has 0 saturated heterocycles. The van der Waals surface area contributed by atoms with E-state index in [-0.39, 0.29) is 17.2 Å². The van der Waals surface area contributed by atoms with E-state index in [0.717, 1.165) is 17.7 Å². The summed E-state index contributed by atoms with van der Waals surface area (Å²) in [5.74, 6) is -1.17. The Hall–Kier alpha value is -3.55. The van der Waals surface area contributed by atoms with Crippen molar-refractivity contribution in [3.05, 3.63) is 71.4 Å². The molecule has 6 nitrogen and oxygen atoms in total. The van der Waals surface area contributed by atoms with E-state index in [2.05, 4.69) is 20.8 Å². The van der Waals surface area contributed by atoms with E-state index in [1.54, 1.807) is 12.1 Å². The highest BCUT2D eigenvalue weighted by Gasteiger charge is 2.12. The number of nitrogens with zero attached hydrogens (tertiary/aromatic N) is 2. The zero-order valence-corrected chi connectivity index (χ0v) is 14.6. The van der Waals surface area contributed by atoms with Crippen LogP contribution in [-0.2, 0) is 0 Å². The summed E-state index contributed by atoms with van der Waals surface area (Å²) in [7, 11) is 1.51. The van der Waals surface area contributed by atoms with Crippen LogP contribution >= 0.6 is 0 Å². The Morgan fingerprint density at radius 2 is 1.81 bits per heavy atom. The minimum atomic E-state index is -0.759. The minimum Gasteiger partial charge on any atom is -0.495 e. The SMILES string of the molecule is COc1ccc(C)cc1NC(=O)c1ccc(Nc2ccc(F)cc2F)nn1. The van der Waals surface area contributed by atoms with Crippen LogP contribution in [0.1, 0.15) is 16.1 Å². The van der Waals surface area contributed by atoms with Gasteiger partial charge in [0.25, 0.3) is 5.91 Å². The molecule has 0 spiro atoms. The molecular weight excluding hydrogens is 354 g/mol. The lowest BCUT2D eigenvalue weighted by Gasteiger charge is -2.11. The predicted molar refractivity (Wildman–Crippen MR) is 97.4 cm³/mol. The van der Waals surface area contributed by atoms with Crippen LogP contribution in [0.5, 0.6) is 5.75 Å². The first-order valence-electron chi connectivity index (χ1n) is 7.98. The monoisotopic (exact) mass is 370 g/mol. The number of rotatable bonds is 5. The summed E-state index contributed by atoms with van der Waals surface area (Å²) >= 11 is 0. The summed E-state index contributed by atoms with van der Waals surface area (Å²) in [6.45, 7) is 1.89. The van der Waals surface area contributed by atoms with E-state index in [1.807, 2.05) is 13.0 Å². The van der Waals surface area contributed by atoms with Crippen LogP contribution in [0.15, 0.2) is 48.5 Å². The van der Waals surface area contributed by atoms with E-state index in [1.165, 1.54) is 25.3 Å². The molecule has 2 N–H and O–H groups in total. The Balaban J connectivity index is 1.73. The number of aryl methyl sites for hydroxylation is 1. The predicted octanol–water partition coefficient (Wildman–Crippen LogP) is 4.07. The first-order chi connectivity index (χ1) is 13.0. The fraction of sp³-hybridized carbons (Fsp3) is 0.105. The van der Waals surface area contributed by atoms with E-state index < -0.39 is 17.5 Å². The second-order valence-electron chi connectivity index (χ2n) is 5.71. The number of aromatic nitrogens is 2. The second-order valence-corrected chi connectivity index (χ2v) is 5.71. The van der Waals surface area contributed by atoms with Crippen molar-refractivity contribution in [3.63, 3.8) is 0 Å². The summed E-state index contributed by atoms with van der Waals surface area (Å²) in [6.07, 6.45) is 0. The van der Waals surface area contributed by atoms with Crippen LogP contribution in [-0.4, -0.2) is 23.2 Å². The summed E-state index contributed by atoms with van der Waals surface area (Å²) in [6, 6.07) is 11.4. The fourth-order valence-electron chi connectivity index (χ4n) is 2.35. The Morgan fingerprint density at radius 3 is 2.48 bits per heavy atom. The molecule has 27 heavy (non-hydrogen) atoms. The lowest BCUT2D eigenvalue weighted by atomic mass is 10.2. The molecule has 0 atom stereocenters. The maximum Gasteiger partial charge on any atom is 0.276 e. The molecular formula is C19H16F2N4O2. The van der Waals surface area contributed by atoms with Gasteiger partial charge in [-0.3, -0.25) is 4.79 Å². The molecule has 8 heteroatoms. The Morgan fingerprint density at radius 1 is 1.00 bits per heavy atom. The molecule has 1 heterocycles. The molecule has 3 aromatic rings. The van der Waals surface area contributed by atoms with E-state index in [4.69, 9.17) is 4.74 Å². The summed E-state index contributed by atoms with van der Waals surface area (Å²) in [5, 5.41) is 13.1. The number of hydrogen-bond acceptors (Lipinski definition) is 5. The fourth-order valence-corrected chi connectivity index (χ4v) is 2.35. The van der Waals surface area contributed by atoms with Crippen LogP contribution in [0.25, 0.3) is 0 Å². The van der Waals surface area contributed by atoms with Crippen molar-refractivity contribution >= 4 is 23.1 Å². The van der Waals surface area contributed by atoms with Gasteiger partial charge in [-0.1, -0.05) is 6.07 Å². The van der Waals surface area contributed by atoms with Gasteiger partial charge in [-0.2, -0.15) is 0 Å². The molecule has 0 aliphatic heterocycles. The number of methoxy groups -OCH3 is 1. The average molecular weight is 370 g/mol. The molecule has 0 aliphatic carbocycles. The van der Waals surface area contributed by atoms with Gasteiger partial charge in [-0.05, 0) is 48.9 Å². The lowest BCUT2D eigenvalue weighted by Crippen LogP contribution is -2.15. The molecule has 0 aliphatic rings. The number of ether oxygens (including phenoxy) is 1. The van der Waals surface area contributed by atoms with Crippen molar-refractivity contribution < 1.29 is 18.3 Å². The topological polar surface area (TPSA) is 76.1 Å². The van der Waals surface area contributed by atoms with Crippen molar-refractivity contribution in [1.82, 2.24) is 10.2 Å². The van der Waals surface area contributed by atoms with Gasteiger partial charge in [0.15, 0.2) is 11.5 Å². The molecule has 0 saturated carbocycles. The number of carbonyl (C=O) groups is 1. The molecule has 0 fully saturated rings. The maximum atomic E-state index is 13.7. The van der Waals surface area contributed by atoms with Crippen molar-refractivity contribution in [3.8, 4) is 5.75 Å². The third-order valence-corrected chi connectivity index (χ3v) is 3.69. The van der Waals surface area contributed by atoms with Gasteiger partial charge in [0.1, 0.15) is 17.4 Å². The van der Waals surface area contributed by atoms with Gasteiger partial charge in [0.05, 0.1) is 18.5 Å². The van der Waals surface area contributed by atoms with Crippen LogP contribution < -0.4 is 15.4 Å². The Kier molecular flexibility index (Phi) is 5.25.